The third kappa shape index (κ3) is 4.87. The molecule has 3 heteroatoms. The molecular formula is C15H31NO2. The van der Waals surface area contributed by atoms with Crippen LogP contribution < -0.4 is 0 Å². The highest BCUT2D eigenvalue weighted by Gasteiger charge is 2.27. The third-order valence-corrected chi connectivity index (χ3v) is 4.38. The third-order valence-electron chi connectivity index (χ3n) is 4.38. The Bertz CT molecular complexity index is 207. The first-order valence-corrected chi connectivity index (χ1v) is 7.63. The van der Waals surface area contributed by atoms with Crippen molar-refractivity contribution in [2.24, 2.45) is 5.92 Å². The van der Waals surface area contributed by atoms with E-state index in [0.717, 1.165) is 26.1 Å². The molecule has 0 heterocycles. The van der Waals surface area contributed by atoms with Gasteiger partial charge >= 0.3 is 0 Å². The van der Waals surface area contributed by atoms with E-state index in [1.807, 2.05) is 0 Å². The van der Waals surface area contributed by atoms with E-state index in [1.54, 1.807) is 7.11 Å². The minimum atomic E-state index is -0.0850. The quantitative estimate of drug-likeness (QED) is 0.725. The normalized spacial score (nSPS) is 25.0. The maximum Gasteiger partial charge on any atom is 0.0589 e. The molecule has 1 aliphatic rings. The second kappa shape index (κ2) is 8.89. The average Bonchev–Trinajstić information content (AvgIpc) is 2.39. The van der Waals surface area contributed by atoms with E-state index < -0.39 is 0 Å². The number of methoxy groups -OCH3 is 1. The van der Waals surface area contributed by atoms with Crippen LogP contribution in [0.4, 0.5) is 0 Å². The summed E-state index contributed by atoms with van der Waals surface area (Å²) in [6.45, 7) is 7.33. The first kappa shape index (κ1) is 15.9. The lowest BCUT2D eigenvalue weighted by atomic mass is 9.86. The van der Waals surface area contributed by atoms with E-state index in [2.05, 4.69) is 18.7 Å². The smallest absolute Gasteiger partial charge is 0.0589 e. The van der Waals surface area contributed by atoms with Crippen molar-refractivity contribution in [2.45, 2.75) is 64.5 Å². The number of aliphatic hydroxyl groups is 1. The Morgan fingerprint density at radius 1 is 1.22 bits per heavy atom. The summed E-state index contributed by atoms with van der Waals surface area (Å²) in [5.41, 5.74) is 0. The summed E-state index contributed by atoms with van der Waals surface area (Å²) >= 11 is 0. The predicted molar refractivity (Wildman–Crippen MR) is 75.8 cm³/mol. The Labute approximate surface area is 113 Å². The van der Waals surface area contributed by atoms with Gasteiger partial charge in [-0.2, -0.15) is 0 Å². The largest absolute Gasteiger partial charge is 0.393 e. The molecular weight excluding hydrogens is 226 g/mol. The zero-order chi connectivity index (χ0) is 13.4. The van der Waals surface area contributed by atoms with Gasteiger partial charge < -0.3 is 9.84 Å². The van der Waals surface area contributed by atoms with Crippen molar-refractivity contribution >= 4 is 0 Å². The van der Waals surface area contributed by atoms with Crippen LogP contribution in [0.15, 0.2) is 0 Å². The predicted octanol–water partition coefficient (Wildman–Crippen LogP) is 2.67. The van der Waals surface area contributed by atoms with Gasteiger partial charge in [0.15, 0.2) is 0 Å². The lowest BCUT2D eigenvalue weighted by molar-refractivity contribution is 0.0263. The fraction of sp³-hybridized carbons (Fsp3) is 1.00. The van der Waals surface area contributed by atoms with Crippen molar-refractivity contribution in [3.05, 3.63) is 0 Å². The van der Waals surface area contributed by atoms with Crippen molar-refractivity contribution < 1.29 is 9.84 Å². The molecule has 0 aromatic rings. The average molecular weight is 257 g/mol. The summed E-state index contributed by atoms with van der Waals surface area (Å²) in [7, 11) is 1.76. The molecule has 0 aliphatic heterocycles. The van der Waals surface area contributed by atoms with E-state index >= 15 is 0 Å². The lowest BCUT2D eigenvalue weighted by Crippen LogP contribution is -2.43. The second-order valence-corrected chi connectivity index (χ2v) is 5.57. The lowest BCUT2D eigenvalue weighted by Gasteiger charge is -2.36. The van der Waals surface area contributed by atoms with Gasteiger partial charge in [0.2, 0.25) is 0 Å². The number of nitrogens with zero attached hydrogens (tertiary/aromatic N) is 1. The van der Waals surface area contributed by atoms with Crippen LogP contribution >= 0.6 is 0 Å². The fourth-order valence-electron chi connectivity index (χ4n) is 3.14. The van der Waals surface area contributed by atoms with Crippen molar-refractivity contribution in [1.29, 1.82) is 0 Å². The number of ether oxygens (including phenoxy) is 1. The molecule has 1 N–H and O–H groups in total. The molecule has 2 unspecified atom stereocenters. The minimum Gasteiger partial charge on any atom is -0.393 e. The van der Waals surface area contributed by atoms with Crippen molar-refractivity contribution in [2.75, 3.05) is 26.8 Å². The SMILES string of the molecule is CCC(CC)N(CCOC)CC1CCCCC1O. The summed E-state index contributed by atoms with van der Waals surface area (Å²) < 4.78 is 5.22. The number of hydrogen-bond acceptors (Lipinski definition) is 3. The highest BCUT2D eigenvalue weighted by molar-refractivity contribution is 4.80. The van der Waals surface area contributed by atoms with E-state index in [0.29, 0.717) is 12.0 Å². The Hall–Kier alpha value is -0.120. The summed E-state index contributed by atoms with van der Waals surface area (Å²) in [5.74, 6) is 0.469. The zero-order valence-electron chi connectivity index (χ0n) is 12.4. The van der Waals surface area contributed by atoms with Gasteiger partial charge in [-0.25, -0.2) is 0 Å². The maximum atomic E-state index is 10.1. The summed E-state index contributed by atoms with van der Waals surface area (Å²) in [5, 5.41) is 10.1. The maximum absolute atomic E-state index is 10.1. The second-order valence-electron chi connectivity index (χ2n) is 5.57. The number of hydrogen-bond donors (Lipinski definition) is 1. The van der Waals surface area contributed by atoms with E-state index in [-0.39, 0.29) is 6.10 Å². The van der Waals surface area contributed by atoms with Gasteiger partial charge in [0.1, 0.15) is 0 Å². The first-order chi connectivity index (χ1) is 8.72. The van der Waals surface area contributed by atoms with Crippen LogP contribution in [0.2, 0.25) is 0 Å². The van der Waals surface area contributed by atoms with Crippen LogP contribution in [0.25, 0.3) is 0 Å². The fourth-order valence-corrected chi connectivity index (χ4v) is 3.14. The van der Waals surface area contributed by atoms with Gasteiger partial charge in [0, 0.05) is 26.2 Å². The standard InChI is InChI=1S/C15H31NO2/c1-4-14(5-2)16(10-11-18-3)12-13-8-6-7-9-15(13)17/h13-15,17H,4-12H2,1-3H3. The Morgan fingerprint density at radius 3 is 2.44 bits per heavy atom. The summed E-state index contributed by atoms with van der Waals surface area (Å²) in [6.07, 6.45) is 6.93. The Balaban J connectivity index is 2.52. The monoisotopic (exact) mass is 257 g/mol. The van der Waals surface area contributed by atoms with Crippen molar-refractivity contribution in [3.63, 3.8) is 0 Å². The van der Waals surface area contributed by atoms with Crippen LogP contribution in [0.1, 0.15) is 52.4 Å². The molecule has 3 nitrogen and oxygen atoms in total. The first-order valence-electron chi connectivity index (χ1n) is 7.63. The van der Waals surface area contributed by atoms with Crippen LogP contribution in [0.5, 0.6) is 0 Å². The minimum absolute atomic E-state index is 0.0850. The molecule has 0 amide bonds. The van der Waals surface area contributed by atoms with Gasteiger partial charge in [-0.1, -0.05) is 26.7 Å². The molecule has 0 bridgehead atoms. The topological polar surface area (TPSA) is 32.7 Å². The van der Waals surface area contributed by atoms with Crippen LogP contribution in [0.3, 0.4) is 0 Å². The molecule has 1 aliphatic carbocycles. The molecule has 1 fully saturated rings. The van der Waals surface area contributed by atoms with Gasteiger partial charge in [-0.05, 0) is 31.6 Å². The number of aliphatic hydroxyl groups excluding tert-OH is 1. The van der Waals surface area contributed by atoms with E-state index in [9.17, 15) is 5.11 Å². The van der Waals surface area contributed by atoms with E-state index in [1.165, 1.54) is 32.1 Å². The Morgan fingerprint density at radius 2 is 1.89 bits per heavy atom. The molecule has 2 atom stereocenters. The van der Waals surface area contributed by atoms with Crippen LogP contribution in [0, 0.1) is 5.92 Å². The number of rotatable bonds is 8. The summed E-state index contributed by atoms with van der Waals surface area (Å²) in [4.78, 5) is 2.53. The van der Waals surface area contributed by atoms with Gasteiger partial charge in [0.05, 0.1) is 12.7 Å². The molecule has 0 radical (unpaired) electrons. The highest BCUT2D eigenvalue weighted by atomic mass is 16.5. The molecule has 1 rings (SSSR count). The van der Waals surface area contributed by atoms with Crippen molar-refractivity contribution in [3.8, 4) is 0 Å². The molecule has 0 saturated heterocycles. The van der Waals surface area contributed by atoms with Crippen LogP contribution in [-0.2, 0) is 4.74 Å². The van der Waals surface area contributed by atoms with Gasteiger partial charge in [-0.15, -0.1) is 0 Å². The van der Waals surface area contributed by atoms with E-state index in [4.69, 9.17) is 4.74 Å². The molecule has 0 aromatic heterocycles. The van der Waals surface area contributed by atoms with Crippen LogP contribution in [-0.4, -0.2) is 49.0 Å². The van der Waals surface area contributed by atoms with Gasteiger partial charge in [0.25, 0.3) is 0 Å². The van der Waals surface area contributed by atoms with Crippen molar-refractivity contribution in [1.82, 2.24) is 4.90 Å². The van der Waals surface area contributed by atoms with Gasteiger partial charge in [-0.3, -0.25) is 4.90 Å². The molecule has 0 aromatic carbocycles. The Kier molecular flexibility index (Phi) is 7.87. The molecule has 18 heavy (non-hydrogen) atoms. The summed E-state index contributed by atoms with van der Waals surface area (Å²) in [6, 6.07) is 0.634. The zero-order valence-corrected chi connectivity index (χ0v) is 12.4. The molecule has 108 valence electrons. The molecule has 1 saturated carbocycles. The highest BCUT2D eigenvalue weighted by Crippen LogP contribution is 2.26. The molecule has 0 spiro atoms.